The molecule has 7 rings (SSSR count). The third-order valence-electron chi connectivity index (χ3n) is 16.4. The van der Waals surface area contributed by atoms with Crippen LogP contribution in [0.1, 0.15) is 128 Å². The van der Waals surface area contributed by atoms with E-state index in [-0.39, 0.29) is 87.2 Å². The molecule has 5 aliphatic rings. The van der Waals surface area contributed by atoms with Crippen LogP contribution in [-0.2, 0) is 68.6 Å². The molecule has 0 saturated carbocycles. The van der Waals surface area contributed by atoms with E-state index in [1.165, 1.54) is 33.1 Å². The number of likely N-dealkylation sites (N-methyl/N-ethyl adjacent to an activating group) is 1. The third-order valence-corrected chi connectivity index (χ3v) is 16.8. The average Bonchev–Trinajstić information content (AvgIpc) is 1.13. The van der Waals surface area contributed by atoms with E-state index in [1.807, 2.05) is 6.92 Å². The van der Waals surface area contributed by atoms with Crippen molar-refractivity contribution >= 4 is 88.4 Å². The lowest BCUT2D eigenvalue weighted by molar-refractivity contribution is -0.271. The van der Waals surface area contributed by atoms with E-state index in [4.69, 9.17) is 45.9 Å². The van der Waals surface area contributed by atoms with Crippen LogP contribution in [0, 0.1) is 23.5 Å². The Hall–Kier alpha value is -8.28. The Morgan fingerprint density at radius 3 is 2.23 bits per heavy atom. The number of ether oxygens (including phenoxy) is 5. The summed E-state index contributed by atoms with van der Waals surface area (Å²) in [5.74, 6) is -11.2. The quantitative estimate of drug-likeness (QED) is 0.0478. The molecule has 30 heteroatoms. The summed E-state index contributed by atoms with van der Waals surface area (Å²) in [7, 11) is 5.38. The number of fused-ring (bicyclic) bond motifs is 6. The minimum atomic E-state index is -1.92. The van der Waals surface area contributed by atoms with Crippen LogP contribution < -0.4 is 42.0 Å². The minimum absolute atomic E-state index is 0.0220. The number of benzene rings is 2. The number of esters is 1. The molecule has 5 heterocycles. The molecule has 498 valence electrons. The van der Waals surface area contributed by atoms with Crippen molar-refractivity contribution in [3.63, 3.8) is 0 Å². The van der Waals surface area contributed by atoms with Gasteiger partial charge in [-0.05, 0) is 82.6 Å². The molecule has 0 unspecified atom stereocenters. The highest BCUT2D eigenvalue weighted by Gasteiger charge is 2.56. The number of allylic oxidation sites excluding steroid dienone is 3. The number of nitrogens with two attached hydrogens (primary N) is 1. The van der Waals surface area contributed by atoms with Crippen molar-refractivity contribution in [2.45, 2.75) is 172 Å². The fourth-order valence-electron chi connectivity index (χ4n) is 10.8. The summed E-state index contributed by atoms with van der Waals surface area (Å²) < 4.78 is 61.7. The van der Waals surface area contributed by atoms with Gasteiger partial charge < -0.3 is 70.4 Å². The Morgan fingerprint density at radius 1 is 0.923 bits per heavy atom. The van der Waals surface area contributed by atoms with E-state index in [1.54, 1.807) is 58.1 Å². The molecule has 0 aromatic heterocycles. The molecule has 0 radical (unpaired) electrons. The number of alkyl carbamates (subject to hydrolysis) is 1. The Balaban J connectivity index is 1.16. The van der Waals surface area contributed by atoms with Crippen molar-refractivity contribution in [1.82, 2.24) is 31.2 Å². The van der Waals surface area contributed by atoms with Gasteiger partial charge in [-0.3, -0.25) is 38.9 Å². The van der Waals surface area contributed by atoms with Crippen molar-refractivity contribution in [3.8, 4) is 5.75 Å². The zero-order valence-electron chi connectivity index (χ0n) is 52.4. The number of halogens is 3. The molecule has 3 saturated heterocycles. The third kappa shape index (κ3) is 18.2. The van der Waals surface area contributed by atoms with Crippen LogP contribution in [0.3, 0.4) is 0 Å². The molecule has 2 aromatic carbocycles. The van der Waals surface area contributed by atoms with Gasteiger partial charge in [0.25, 0.3) is 17.7 Å². The lowest BCUT2D eigenvalue weighted by Crippen LogP contribution is -2.66. The van der Waals surface area contributed by atoms with Crippen LogP contribution in [0.4, 0.5) is 29.7 Å². The van der Waals surface area contributed by atoms with Crippen molar-refractivity contribution in [2.75, 3.05) is 45.1 Å². The molecule has 0 aliphatic carbocycles. The Bertz CT molecular complexity index is 3180. The number of imide groups is 1. The van der Waals surface area contributed by atoms with Crippen LogP contribution >= 0.6 is 11.6 Å². The van der Waals surface area contributed by atoms with Crippen LogP contribution in [0.15, 0.2) is 48.1 Å². The highest BCUT2D eigenvalue weighted by molar-refractivity contribution is 6.35. The molecule has 91 heavy (non-hydrogen) atoms. The number of hydroxylamine groups is 2. The van der Waals surface area contributed by atoms with Gasteiger partial charge in [-0.15, -0.1) is 5.06 Å². The number of nitrogens with zero attached hydrogens (tertiary/aromatic N) is 3. The second kappa shape index (κ2) is 31.2. The summed E-state index contributed by atoms with van der Waals surface area (Å²) >= 11 is 6.82. The number of amides is 10. The van der Waals surface area contributed by atoms with Gasteiger partial charge in [0.2, 0.25) is 23.6 Å². The number of methoxy groups -OCH3 is 2. The molecule has 8 N–H and O–H groups in total. The topological polar surface area (TPSA) is 359 Å². The molecule has 2 aromatic rings. The number of nitrogens with one attached hydrogen (secondary N) is 5. The summed E-state index contributed by atoms with van der Waals surface area (Å²) in [4.78, 5) is 151. The van der Waals surface area contributed by atoms with E-state index < -0.39 is 160 Å². The van der Waals surface area contributed by atoms with E-state index >= 15 is 8.78 Å². The van der Waals surface area contributed by atoms with Gasteiger partial charge in [0.05, 0.1) is 36.6 Å². The molecule has 10 atom stereocenters. The summed E-state index contributed by atoms with van der Waals surface area (Å²) in [5, 5.41) is 24.5. The van der Waals surface area contributed by atoms with Gasteiger partial charge in [0, 0.05) is 78.3 Å². The molecular weight excluding hydrogens is 1220 g/mol. The molecule has 27 nitrogen and oxygen atoms in total. The second-order valence-electron chi connectivity index (χ2n) is 23.6. The number of urea groups is 1. The molecule has 3 fully saturated rings. The fraction of sp³-hybridized carbons (Fsp3) is 0.557. The number of unbranched alkanes of at least 4 members (excludes halogenated alkanes) is 1. The summed E-state index contributed by atoms with van der Waals surface area (Å²) in [6.45, 7) is 9.57. The maximum absolute atomic E-state index is 16.2. The smallest absolute Gasteiger partial charge is 0.409 e. The van der Waals surface area contributed by atoms with Crippen molar-refractivity contribution < 1.29 is 95.1 Å². The lowest BCUT2D eigenvalue weighted by Gasteiger charge is -2.53. The van der Waals surface area contributed by atoms with E-state index in [0.717, 1.165) is 17.5 Å². The number of rotatable bonds is 22. The van der Waals surface area contributed by atoms with E-state index in [0.29, 0.717) is 29.2 Å². The first-order valence-electron chi connectivity index (χ1n) is 29.7. The normalized spacial score (nSPS) is 24.6. The average molecular weight is 1300 g/mol. The number of carbonyl (C=O) groups is 11. The highest BCUT2D eigenvalue weighted by atomic mass is 35.5. The predicted molar refractivity (Wildman–Crippen MR) is 321 cm³/mol. The lowest BCUT2D eigenvalue weighted by atomic mass is 9.76. The Labute approximate surface area is 529 Å². The van der Waals surface area contributed by atoms with Gasteiger partial charge >= 0.3 is 24.1 Å². The van der Waals surface area contributed by atoms with Crippen LogP contribution in [0.5, 0.6) is 5.75 Å². The summed E-state index contributed by atoms with van der Waals surface area (Å²) in [5.41, 5.74) is 1.97. The maximum atomic E-state index is 16.2. The zero-order chi connectivity index (χ0) is 67.4. The van der Waals surface area contributed by atoms with E-state index in [9.17, 15) is 57.8 Å². The SMILES string of the molecule is COc1cc2cc(c1Cl)N(C)C(=O)C[C@H](OC(=O)[C@H](C)N(C)C(=O)c1cc(F)c(NC(=O)[C@H](CCCNC(N)=O)NC(=O)[C@@H](NC(=O)CCCCC(=O)ON3C(=O)CCC3=O)C(C)C)cc1F)[C@@]1(C)C[C@@H](O1)[C@H](C)[C@@H]1C[C@@](O)(NC(=O)O1)[C@H](OC)/C=C/C=C(\C)C2. The number of hydrogen-bond acceptors (Lipinski definition) is 18. The maximum Gasteiger partial charge on any atom is 0.409 e. The zero-order valence-corrected chi connectivity index (χ0v) is 53.1. The Kier molecular flexibility index (Phi) is 24.6. The summed E-state index contributed by atoms with van der Waals surface area (Å²) in [6.07, 6.45) is -0.569. The second-order valence-corrected chi connectivity index (χ2v) is 24.0. The Morgan fingerprint density at radius 2 is 1.59 bits per heavy atom. The summed E-state index contributed by atoms with van der Waals surface area (Å²) in [6, 6.07) is -0.782. The molecular formula is C61H80ClF2N9O18. The first kappa shape index (κ1) is 71.8. The molecule has 6 bridgehead atoms. The van der Waals surface area contributed by atoms with Crippen LogP contribution in [-0.4, -0.2) is 169 Å². The van der Waals surface area contributed by atoms with Crippen molar-refractivity contribution in [3.05, 3.63) is 75.9 Å². The van der Waals surface area contributed by atoms with Crippen molar-refractivity contribution in [1.29, 1.82) is 0 Å². The number of aliphatic hydroxyl groups is 1. The number of anilines is 2. The van der Waals surface area contributed by atoms with Gasteiger partial charge in [-0.1, -0.05) is 56.2 Å². The van der Waals surface area contributed by atoms with Crippen LogP contribution in [0.2, 0.25) is 5.02 Å². The van der Waals surface area contributed by atoms with E-state index in [2.05, 4.69) is 26.6 Å². The minimum Gasteiger partial charge on any atom is -0.495 e. The highest BCUT2D eigenvalue weighted by Crippen LogP contribution is 2.45. The molecule has 0 spiro atoms. The van der Waals surface area contributed by atoms with Crippen LogP contribution in [0.25, 0.3) is 0 Å². The van der Waals surface area contributed by atoms with Crippen molar-refractivity contribution in [2.24, 2.45) is 17.6 Å². The van der Waals surface area contributed by atoms with Gasteiger partial charge in [-0.2, -0.15) is 0 Å². The monoisotopic (exact) mass is 1300 g/mol. The predicted octanol–water partition coefficient (Wildman–Crippen LogP) is 4.68. The van der Waals surface area contributed by atoms with Gasteiger partial charge in [-0.25, -0.2) is 28.0 Å². The first-order chi connectivity index (χ1) is 42.8. The standard InChI is InChI=1S/C61H80ClF2N9O18/c1-31(2)53(69-47(74)18-11-12-19-51(78)91-73-48(75)20-21-49(73)76)55(80)67-39(16-14-22-66-58(65)83)54(79)68-40-27-37(63)36(26-38(40)64)56(81)71(7)34(5)57(82)89-46-28-50(77)72(8)41-24-35(25-42(86-9)52(41)62)23-32(3)15-13-17-45(87-10)61(85)30-43(88-59(84)70-61)33(4)44-29-60(46,6)90-44/h13,15,17,24-27,31,33-34,39,43-46,53,85H,11-12,14,16,18-23,28-30H2,1-10H3,(H,67,80)(H,68,79)(H,69,74)(H,70,84)(H3,65,66,83)/b17-13+,32-15+/t33-,34+,39+,43+,44-,45-,46+,53+,60-,61+/m1/s1. The number of primary amides is 1. The molecule has 5 aliphatic heterocycles. The van der Waals surface area contributed by atoms with Gasteiger partial charge in [0.15, 0.2) is 5.72 Å². The fourth-order valence-corrected chi connectivity index (χ4v) is 11.1. The largest absolute Gasteiger partial charge is 0.495 e. The van der Waals surface area contributed by atoms with Gasteiger partial charge in [0.1, 0.15) is 64.4 Å². The molecule has 10 amide bonds. The first-order valence-corrected chi connectivity index (χ1v) is 30.0. The number of carbonyl (C=O) groups excluding carboxylic acids is 11. The number of hydrogen-bond donors (Lipinski definition) is 7.